The van der Waals surface area contributed by atoms with Gasteiger partial charge < -0.3 is 10.3 Å². The lowest BCUT2D eigenvalue weighted by molar-refractivity contribution is -0.540. The highest BCUT2D eigenvalue weighted by molar-refractivity contribution is 7.13. The van der Waals surface area contributed by atoms with Crippen LogP contribution in [-0.2, 0) is 0 Å². The molecule has 0 aliphatic carbocycles. The van der Waals surface area contributed by atoms with Gasteiger partial charge in [0.2, 0.25) is 5.54 Å². The maximum absolute atomic E-state index is 12.8. The van der Waals surface area contributed by atoms with Gasteiger partial charge in [-0.25, -0.2) is 0 Å². The third-order valence-corrected chi connectivity index (χ3v) is 14.1. The Morgan fingerprint density at radius 3 is 1.13 bits per heavy atom. The highest BCUT2D eigenvalue weighted by atomic mass is 28.3. The zero-order chi connectivity index (χ0) is 39.1. The van der Waals surface area contributed by atoms with Gasteiger partial charge in [-0.15, -0.1) is 0 Å². The Hall–Kier alpha value is -5.62. The van der Waals surface area contributed by atoms with Gasteiger partial charge in [0, 0.05) is 53.8 Å². The van der Waals surface area contributed by atoms with Gasteiger partial charge in [0.05, 0.1) is 0 Å². The van der Waals surface area contributed by atoms with Gasteiger partial charge in [0.1, 0.15) is 8.07 Å². The minimum absolute atomic E-state index is 0.501. The summed E-state index contributed by atoms with van der Waals surface area (Å²) in [6, 6.07) is 55.5. The number of anilines is 1. The summed E-state index contributed by atoms with van der Waals surface area (Å²) in [6.07, 6.45) is 0. The van der Waals surface area contributed by atoms with Gasteiger partial charge in [0.25, 0.3) is 5.69 Å². The smallest absolute Gasteiger partial charge is 0.256 e. The predicted octanol–water partition coefficient (Wildman–Crippen LogP) is 13.7. The van der Waals surface area contributed by atoms with Crippen LogP contribution in [0.25, 0.3) is 43.8 Å². The van der Waals surface area contributed by atoms with E-state index in [1.165, 1.54) is 43.8 Å². The summed E-state index contributed by atoms with van der Waals surface area (Å²) in [7, 11) is -2.36. The van der Waals surface area contributed by atoms with Gasteiger partial charge >= 0.3 is 0 Å². The van der Waals surface area contributed by atoms with Gasteiger partial charge in [-0.2, -0.15) is 0 Å². The molecule has 0 saturated heterocycles. The van der Waals surface area contributed by atoms with Crippen LogP contribution in [0.4, 0.5) is 11.4 Å². The zero-order valence-electron chi connectivity index (χ0n) is 33.2. The molecule has 0 fully saturated rings. The van der Waals surface area contributed by atoms with Crippen LogP contribution in [0.5, 0.6) is 0 Å². The van der Waals surface area contributed by atoms with E-state index in [4.69, 9.17) is 0 Å². The van der Waals surface area contributed by atoms with Crippen LogP contribution >= 0.6 is 0 Å². The summed E-state index contributed by atoms with van der Waals surface area (Å²) < 4.78 is 1.07. The van der Waals surface area contributed by atoms with E-state index in [-0.39, 0.29) is 0 Å². The molecule has 0 aromatic heterocycles. The van der Waals surface area contributed by atoms with Crippen molar-refractivity contribution >= 4 is 41.0 Å². The summed E-state index contributed by atoms with van der Waals surface area (Å²) in [5.41, 5.74) is 12.2. The van der Waals surface area contributed by atoms with Crippen LogP contribution in [0.2, 0.25) is 13.1 Å². The van der Waals surface area contributed by atoms with Crippen LogP contribution in [0.1, 0.15) is 63.8 Å². The molecule has 0 atom stereocenters. The lowest BCUT2D eigenvalue weighted by Gasteiger charge is -2.43. The molecule has 4 nitrogen and oxygen atoms in total. The number of nitroso groups, excluding NO2 is 1. The molecule has 0 N–H and O–H groups in total. The van der Waals surface area contributed by atoms with Gasteiger partial charge in [-0.3, -0.25) is 0 Å². The van der Waals surface area contributed by atoms with Crippen molar-refractivity contribution in [2.24, 2.45) is 0 Å². The molecule has 6 aromatic carbocycles. The van der Waals surface area contributed by atoms with Crippen LogP contribution in [-0.4, -0.2) is 23.9 Å². The van der Waals surface area contributed by atoms with E-state index in [0.717, 1.165) is 32.1 Å². The molecule has 5 heteroatoms. The molecule has 0 saturated carbocycles. The predicted molar refractivity (Wildman–Crippen MR) is 236 cm³/mol. The lowest BCUT2D eigenvalue weighted by atomic mass is 9.89. The summed E-state index contributed by atoms with van der Waals surface area (Å²) in [5.74, 6) is 0. The Morgan fingerprint density at radius 2 is 0.782 bits per heavy atom. The average Bonchev–Trinajstić information content (AvgIpc) is 3.44. The minimum Gasteiger partial charge on any atom is -0.758 e. The number of rotatable bonds is 8. The number of benzene rings is 6. The summed E-state index contributed by atoms with van der Waals surface area (Å²) in [5, 5.41) is 16.7. The minimum atomic E-state index is -2.36. The second kappa shape index (κ2) is 14.6. The number of hydroxylamine groups is 1. The molecule has 1 heterocycles. The van der Waals surface area contributed by atoms with Gasteiger partial charge in [0.15, 0.2) is 0 Å². The number of hydrogen-bond donors (Lipinski definition) is 0. The van der Waals surface area contributed by atoms with Crippen molar-refractivity contribution in [3.8, 4) is 22.3 Å². The van der Waals surface area contributed by atoms with Crippen molar-refractivity contribution < 1.29 is 4.76 Å². The third kappa shape index (κ3) is 7.43. The molecule has 0 bridgehead atoms. The van der Waals surface area contributed by atoms with E-state index in [1.807, 2.05) is 90.1 Å². The molecular formula is C50H50N2O2Si. The molecule has 1 aliphatic heterocycles. The van der Waals surface area contributed by atoms with E-state index < -0.39 is 19.2 Å². The first-order valence-electron chi connectivity index (χ1n) is 19.1. The lowest BCUT2D eigenvalue weighted by Crippen LogP contribution is -2.36. The fourth-order valence-electron chi connectivity index (χ4n) is 7.81. The SMILES string of the molecule is CC(C)(C)N([O-])c1ccc(-c2ccc(C3=C(c4ccccc4)C(c4ccccc4)=C(c4ccc(-c5ccc([N+](=O)C(C)(C)C)cc5)cc4)[Si]3(C)C)cc2)cc1. The number of allylic oxidation sites excluding steroid dienone is 2. The molecule has 0 unspecified atom stereocenters. The maximum Gasteiger partial charge on any atom is 0.256 e. The van der Waals surface area contributed by atoms with Gasteiger partial charge in [-0.1, -0.05) is 134 Å². The summed E-state index contributed by atoms with van der Waals surface area (Å²) in [6.45, 7) is 16.5. The maximum atomic E-state index is 12.8. The second-order valence-corrected chi connectivity index (χ2v) is 21.3. The molecule has 0 radical (unpaired) electrons. The third-order valence-electron chi connectivity index (χ3n) is 10.6. The first-order valence-corrected chi connectivity index (χ1v) is 22.1. The van der Waals surface area contributed by atoms with Crippen LogP contribution in [0.15, 0.2) is 158 Å². The second-order valence-electron chi connectivity index (χ2n) is 17.0. The monoisotopic (exact) mass is 738 g/mol. The normalized spacial score (nSPS) is 14.3. The largest absolute Gasteiger partial charge is 0.758 e. The topological polar surface area (TPSA) is 46.4 Å². The van der Waals surface area contributed by atoms with Crippen LogP contribution in [0, 0.1) is 10.1 Å². The first kappa shape index (κ1) is 37.7. The molecule has 0 amide bonds. The van der Waals surface area contributed by atoms with Gasteiger partial charge in [-0.05, 0) is 111 Å². The Bertz CT molecular complexity index is 2380. The molecule has 7 rings (SSSR count). The summed E-state index contributed by atoms with van der Waals surface area (Å²) >= 11 is 0. The van der Waals surface area contributed by atoms with E-state index in [2.05, 4.69) is 122 Å². The van der Waals surface area contributed by atoms with Crippen LogP contribution in [0.3, 0.4) is 0 Å². The standard InChI is InChI=1S/C50H50N2O2Si/c1-49(2,3)51(53)43-31-27-37(28-32-43)35-19-23-41(24-20-35)47-45(39-15-11-9-12-16-39)46(40-17-13-10-14-18-40)48(55(47,7)8)42-25-21-36(22-26-42)38-29-33-44(34-30-38)52(54)50(4,5)6/h9-34H,1-8H3. The van der Waals surface area contributed by atoms with Crippen molar-refractivity contribution in [2.75, 3.05) is 5.06 Å². The molecule has 0 spiro atoms. The molecule has 6 aromatic rings. The molecule has 55 heavy (non-hydrogen) atoms. The van der Waals surface area contributed by atoms with Crippen molar-refractivity contribution in [2.45, 2.75) is 65.7 Å². The van der Waals surface area contributed by atoms with Crippen molar-refractivity contribution in [1.29, 1.82) is 0 Å². The van der Waals surface area contributed by atoms with Crippen molar-refractivity contribution in [1.82, 2.24) is 0 Å². The van der Waals surface area contributed by atoms with E-state index in [0.29, 0.717) is 11.4 Å². The van der Waals surface area contributed by atoms with E-state index >= 15 is 0 Å². The van der Waals surface area contributed by atoms with E-state index in [1.54, 1.807) is 0 Å². The summed E-state index contributed by atoms with van der Waals surface area (Å²) in [4.78, 5) is 12.8. The highest BCUT2D eigenvalue weighted by Crippen LogP contribution is 2.55. The van der Waals surface area contributed by atoms with Crippen molar-refractivity contribution in [3.05, 3.63) is 190 Å². The zero-order valence-corrected chi connectivity index (χ0v) is 34.2. The fourth-order valence-corrected chi connectivity index (χ4v) is 11.6. The Morgan fingerprint density at radius 1 is 0.455 bits per heavy atom. The Balaban J connectivity index is 1.32. The van der Waals surface area contributed by atoms with Crippen molar-refractivity contribution in [3.63, 3.8) is 0 Å². The number of hydrogen-bond acceptors (Lipinski definition) is 3. The number of nitrogens with zero attached hydrogens (tertiary/aromatic N) is 2. The van der Waals surface area contributed by atoms with E-state index in [9.17, 15) is 10.1 Å². The molecule has 276 valence electrons. The quantitative estimate of drug-likeness (QED) is 0.0887. The average molecular weight is 739 g/mol. The van der Waals surface area contributed by atoms with Crippen LogP contribution < -0.4 is 5.06 Å². The molecule has 1 aliphatic rings. The highest BCUT2D eigenvalue weighted by Gasteiger charge is 2.43. The fraction of sp³-hybridized carbons (Fsp3) is 0.200. The Labute approximate surface area is 327 Å². The Kier molecular flexibility index (Phi) is 9.97. The molecular weight excluding hydrogens is 689 g/mol. The first-order chi connectivity index (χ1) is 26.1.